The Morgan fingerprint density at radius 1 is 1.30 bits per heavy atom. The maximum atomic E-state index is 12.6. The number of aryl methyl sites for hydroxylation is 1. The number of amides is 3. The number of likely N-dealkylation sites (N-methyl/N-ethyl adjacent to an activating group) is 1. The molecule has 1 aliphatic heterocycles. The molecule has 1 saturated heterocycles. The van der Waals surface area contributed by atoms with Crippen molar-refractivity contribution in [1.29, 1.82) is 0 Å². The van der Waals surface area contributed by atoms with Crippen LogP contribution in [0.2, 0.25) is 0 Å². The highest BCUT2D eigenvalue weighted by Crippen LogP contribution is 2.52. The second-order valence-corrected chi connectivity index (χ2v) is 7.32. The van der Waals surface area contributed by atoms with Gasteiger partial charge in [0.15, 0.2) is 5.13 Å². The lowest BCUT2D eigenvalue weighted by Gasteiger charge is -2.20. The Labute approximate surface area is 137 Å². The number of hydrogen-bond acceptors (Lipinski definition) is 5. The molecule has 6 nitrogen and oxygen atoms in total. The van der Waals surface area contributed by atoms with Crippen LogP contribution in [0.3, 0.4) is 0 Å². The molecule has 7 heteroatoms. The molecule has 0 aromatic carbocycles. The lowest BCUT2D eigenvalue weighted by molar-refractivity contribution is -0.143. The molecule has 2 aliphatic carbocycles. The molecule has 0 unspecified atom stereocenters. The zero-order valence-electron chi connectivity index (χ0n) is 12.9. The summed E-state index contributed by atoms with van der Waals surface area (Å²) in [7, 11) is 1.62. The average Bonchev–Trinajstić information content (AvgIpc) is 3.27. The van der Waals surface area contributed by atoms with Crippen LogP contribution in [0.1, 0.15) is 12.1 Å². The van der Waals surface area contributed by atoms with Crippen LogP contribution in [0.5, 0.6) is 0 Å². The van der Waals surface area contributed by atoms with Crippen molar-refractivity contribution in [2.75, 3.05) is 18.5 Å². The Kier molecular flexibility index (Phi) is 3.16. The number of imide groups is 1. The second-order valence-electron chi connectivity index (χ2n) is 6.49. The van der Waals surface area contributed by atoms with Crippen LogP contribution in [0, 0.1) is 30.6 Å². The van der Waals surface area contributed by atoms with Gasteiger partial charge < -0.3 is 0 Å². The summed E-state index contributed by atoms with van der Waals surface area (Å²) < 4.78 is 0. The van der Waals surface area contributed by atoms with E-state index in [1.807, 2.05) is 24.5 Å². The van der Waals surface area contributed by atoms with Crippen LogP contribution in [0.15, 0.2) is 17.5 Å². The summed E-state index contributed by atoms with van der Waals surface area (Å²) in [6.45, 7) is 1.66. The lowest BCUT2D eigenvalue weighted by Crippen LogP contribution is -2.42. The number of nitrogens with zero attached hydrogens (tertiary/aromatic N) is 3. The third kappa shape index (κ3) is 2.06. The molecule has 1 aromatic rings. The number of allylic oxidation sites excluding steroid dienone is 2. The summed E-state index contributed by atoms with van der Waals surface area (Å²) in [5.41, 5.74) is 0.843. The number of carbonyl (C=O) groups is 3. The van der Waals surface area contributed by atoms with Crippen molar-refractivity contribution in [2.45, 2.75) is 13.3 Å². The number of carbonyl (C=O) groups excluding carboxylic acids is 3. The zero-order valence-corrected chi connectivity index (χ0v) is 13.7. The van der Waals surface area contributed by atoms with Gasteiger partial charge in [0.25, 0.3) is 0 Å². The molecule has 0 radical (unpaired) electrons. The SMILES string of the molecule is Cc1csc(N(C)C(=O)CN2C(=O)[C@H]3[C@H](C2=O)[C@H]2C=C[C@H]3C2)n1. The lowest BCUT2D eigenvalue weighted by atomic mass is 9.85. The van der Waals surface area contributed by atoms with Gasteiger partial charge >= 0.3 is 0 Å². The summed E-state index contributed by atoms with van der Waals surface area (Å²) in [5, 5.41) is 2.44. The quantitative estimate of drug-likeness (QED) is 0.617. The minimum absolute atomic E-state index is 0.167. The van der Waals surface area contributed by atoms with Crippen LogP contribution in [-0.4, -0.2) is 41.2 Å². The Hall–Kier alpha value is -2.02. The smallest absolute Gasteiger partial charge is 0.248 e. The fraction of sp³-hybridized carbons (Fsp3) is 0.500. The van der Waals surface area contributed by atoms with E-state index in [4.69, 9.17) is 0 Å². The van der Waals surface area contributed by atoms with Crippen molar-refractivity contribution in [2.24, 2.45) is 23.7 Å². The molecule has 120 valence electrons. The van der Waals surface area contributed by atoms with Crippen LogP contribution in [0.4, 0.5) is 5.13 Å². The first-order valence-electron chi connectivity index (χ1n) is 7.69. The minimum atomic E-state index is -0.290. The molecule has 0 spiro atoms. The largest absolute Gasteiger partial charge is 0.290 e. The molecule has 3 aliphatic rings. The van der Waals surface area contributed by atoms with Crippen LogP contribution >= 0.6 is 11.3 Å². The molecule has 23 heavy (non-hydrogen) atoms. The zero-order chi connectivity index (χ0) is 16.3. The molecule has 3 amide bonds. The van der Waals surface area contributed by atoms with Gasteiger partial charge in [0.2, 0.25) is 17.7 Å². The molecule has 1 saturated carbocycles. The maximum absolute atomic E-state index is 12.6. The molecule has 2 fully saturated rings. The number of rotatable bonds is 3. The third-order valence-electron chi connectivity index (χ3n) is 5.12. The molecule has 4 rings (SSSR count). The van der Waals surface area contributed by atoms with E-state index in [9.17, 15) is 14.4 Å². The van der Waals surface area contributed by atoms with E-state index in [2.05, 4.69) is 4.98 Å². The minimum Gasteiger partial charge on any atom is -0.290 e. The molecule has 2 heterocycles. The van der Waals surface area contributed by atoms with Crippen molar-refractivity contribution >= 4 is 34.2 Å². The van der Waals surface area contributed by atoms with Crippen molar-refractivity contribution in [3.8, 4) is 0 Å². The molecular weight excluding hydrogens is 314 g/mol. The van der Waals surface area contributed by atoms with Crippen molar-refractivity contribution in [1.82, 2.24) is 9.88 Å². The predicted octanol–water partition coefficient (Wildman–Crippen LogP) is 1.22. The summed E-state index contributed by atoms with van der Waals surface area (Å²) in [4.78, 5) is 44.4. The highest BCUT2D eigenvalue weighted by Gasteiger charge is 2.59. The Bertz CT molecular complexity index is 711. The summed E-state index contributed by atoms with van der Waals surface area (Å²) >= 11 is 1.37. The van der Waals surface area contributed by atoms with Gasteiger partial charge in [-0.3, -0.25) is 24.2 Å². The van der Waals surface area contributed by atoms with E-state index in [1.54, 1.807) is 7.05 Å². The van der Waals surface area contributed by atoms with E-state index in [1.165, 1.54) is 16.2 Å². The van der Waals surface area contributed by atoms with Gasteiger partial charge in [-0.15, -0.1) is 11.3 Å². The monoisotopic (exact) mass is 331 g/mol. The fourth-order valence-corrected chi connectivity index (χ4v) is 4.75. The number of hydrogen-bond donors (Lipinski definition) is 0. The van der Waals surface area contributed by atoms with Gasteiger partial charge in [-0.05, 0) is 25.2 Å². The van der Waals surface area contributed by atoms with Crippen molar-refractivity contribution in [3.63, 3.8) is 0 Å². The van der Waals surface area contributed by atoms with Crippen molar-refractivity contribution < 1.29 is 14.4 Å². The summed E-state index contributed by atoms with van der Waals surface area (Å²) in [6.07, 6.45) is 4.99. The molecule has 2 bridgehead atoms. The van der Waals surface area contributed by atoms with E-state index in [0.717, 1.165) is 17.0 Å². The van der Waals surface area contributed by atoms with Gasteiger partial charge in [0.1, 0.15) is 6.54 Å². The number of thiazole rings is 1. The number of likely N-dealkylation sites (tertiary alicyclic amines) is 1. The molecule has 4 atom stereocenters. The van der Waals surface area contributed by atoms with Gasteiger partial charge in [-0.25, -0.2) is 4.98 Å². The van der Waals surface area contributed by atoms with Gasteiger partial charge in [-0.2, -0.15) is 0 Å². The molecule has 1 aromatic heterocycles. The van der Waals surface area contributed by atoms with E-state index < -0.39 is 0 Å². The first kappa shape index (κ1) is 14.6. The van der Waals surface area contributed by atoms with Gasteiger partial charge in [0.05, 0.1) is 17.5 Å². The normalized spacial score (nSPS) is 31.1. The first-order chi connectivity index (χ1) is 11.0. The summed E-state index contributed by atoms with van der Waals surface area (Å²) in [5.74, 6) is -0.832. The molecule has 0 N–H and O–H groups in total. The Morgan fingerprint density at radius 3 is 2.43 bits per heavy atom. The highest BCUT2D eigenvalue weighted by atomic mass is 32.1. The number of aromatic nitrogens is 1. The Morgan fingerprint density at radius 2 is 1.91 bits per heavy atom. The van der Waals surface area contributed by atoms with Crippen LogP contribution in [-0.2, 0) is 14.4 Å². The summed E-state index contributed by atoms with van der Waals surface area (Å²) in [6, 6.07) is 0. The standard InChI is InChI=1S/C16H17N3O3S/c1-8-7-23-16(17-8)18(2)11(20)6-19-14(21)12-9-3-4-10(5-9)13(12)15(19)22/h3-4,7,9-10,12-13H,5-6H2,1-2H3/t9-,10-,12+,13+/m0/s1. The topological polar surface area (TPSA) is 70.6 Å². The van der Waals surface area contributed by atoms with Crippen LogP contribution < -0.4 is 4.90 Å². The van der Waals surface area contributed by atoms with Gasteiger partial charge in [0, 0.05) is 12.4 Å². The van der Waals surface area contributed by atoms with Crippen LogP contribution in [0.25, 0.3) is 0 Å². The number of fused-ring (bicyclic) bond motifs is 5. The van der Waals surface area contributed by atoms with Crippen molar-refractivity contribution in [3.05, 3.63) is 23.2 Å². The first-order valence-corrected chi connectivity index (χ1v) is 8.57. The van der Waals surface area contributed by atoms with Gasteiger partial charge in [-0.1, -0.05) is 12.2 Å². The highest BCUT2D eigenvalue weighted by molar-refractivity contribution is 7.14. The second kappa shape index (κ2) is 4.99. The van der Waals surface area contributed by atoms with E-state index >= 15 is 0 Å². The van der Waals surface area contributed by atoms with E-state index in [0.29, 0.717) is 5.13 Å². The van der Waals surface area contributed by atoms with E-state index in [-0.39, 0.29) is 47.9 Å². The fourth-order valence-electron chi connectivity index (χ4n) is 3.96. The average molecular weight is 331 g/mol. The maximum Gasteiger partial charge on any atom is 0.248 e. The third-order valence-corrected chi connectivity index (χ3v) is 6.16. The predicted molar refractivity (Wildman–Crippen MR) is 84.7 cm³/mol. The molecular formula is C16H17N3O3S. The number of anilines is 1. The Balaban J connectivity index is 1.50.